The summed E-state index contributed by atoms with van der Waals surface area (Å²) in [5, 5.41) is 11.4. The average Bonchev–Trinajstić information content (AvgIpc) is 3.53. The zero-order chi connectivity index (χ0) is 22.7. The molecular weight excluding hydrogens is 450 g/mol. The smallest absolute Gasteiger partial charge is 0.253 e. The van der Waals surface area contributed by atoms with E-state index in [0.717, 1.165) is 16.8 Å². The van der Waals surface area contributed by atoms with E-state index in [2.05, 4.69) is 20.8 Å². The van der Waals surface area contributed by atoms with Crippen LogP contribution in [-0.4, -0.2) is 43.3 Å². The Morgan fingerprint density at radius 1 is 1.25 bits per heavy atom. The molecule has 0 fully saturated rings. The van der Waals surface area contributed by atoms with Crippen molar-refractivity contribution in [1.29, 1.82) is 0 Å². The van der Waals surface area contributed by atoms with Gasteiger partial charge >= 0.3 is 0 Å². The van der Waals surface area contributed by atoms with Crippen LogP contribution in [0.4, 0.5) is 5.13 Å². The third-order valence-corrected chi connectivity index (χ3v) is 6.04. The number of nitrogens with one attached hydrogen (secondary N) is 2. The van der Waals surface area contributed by atoms with Gasteiger partial charge in [-0.15, -0.1) is 11.3 Å². The Morgan fingerprint density at radius 2 is 2.06 bits per heavy atom. The van der Waals surface area contributed by atoms with Gasteiger partial charge in [-0.1, -0.05) is 23.4 Å². The van der Waals surface area contributed by atoms with Crippen LogP contribution in [-0.2, 0) is 16.2 Å². The first-order chi connectivity index (χ1) is 15.4. The Labute approximate surface area is 190 Å². The van der Waals surface area contributed by atoms with Crippen molar-refractivity contribution in [3.8, 4) is 22.6 Å². The average molecular weight is 470 g/mol. The molecule has 1 unspecified atom stereocenters. The van der Waals surface area contributed by atoms with Crippen molar-refractivity contribution in [2.75, 3.05) is 18.1 Å². The van der Waals surface area contributed by atoms with Gasteiger partial charge in [0.1, 0.15) is 6.26 Å². The van der Waals surface area contributed by atoms with Gasteiger partial charge in [-0.05, 0) is 19.1 Å². The number of hydrogen-bond acceptors (Lipinski definition) is 7. The highest BCUT2D eigenvalue weighted by molar-refractivity contribution is 7.89. The molecule has 9 nitrogen and oxygen atoms in total. The number of aromatic nitrogens is 3. The zero-order valence-corrected chi connectivity index (χ0v) is 18.8. The molecule has 0 saturated heterocycles. The molecule has 0 aliphatic heterocycles. The predicted octanol–water partition coefficient (Wildman–Crippen LogP) is 3.09. The molecule has 32 heavy (non-hydrogen) atoms. The Bertz CT molecular complexity index is 1260. The van der Waals surface area contributed by atoms with Gasteiger partial charge in [0.15, 0.2) is 10.9 Å². The molecule has 0 spiro atoms. The minimum Gasteiger partial charge on any atom is -0.593 e. The first kappa shape index (κ1) is 21.8. The molecule has 0 saturated carbocycles. The van der Waals surface area contributed by atoms with Crippen LogP contribution in [0.5, 0.6) is 0 Å². The second-order valence-electron chi connectivity index (χ2n) is 6.87. The van der Waals surface area contributed by atoms with Crippen LogP contribution in [0.1, 0.15) is 16.1 Å². The van der Waals surface area contributed by atoms with Gasteiger partial charge in [0, 0.05) is 22.6 Å². The van der Waals surface area contributed by atoms with Gasteiger partial charge < -0.3 is 19.7 Å². The SMILES string of the molecule is Cc1cc(-c2cccc(-c3csc(NC(=O)CNC(=O)c4ccn([S+](C)[O-])c4)n3)c2)on1. The number of rotatable bonds is 7. The lowest BCUT2D eigenvalue weighted by Crippen LogP contribution is -2.32. The highest BCUT2D eigenvalue weighted by atomic mass is 32.2. The number of anilines is 1. The first-order valence-corrected chi connectivity index (χ1v) is 11.9. The molecular formula is C21H19N5O4S2. The van der Waals surface area contributed by atoms with E-state index in [9.17, 15) is 14.1 Å². The van der Waals surface area contributed by atoms with Gasteiger partial charge in [0.2, 0.25) is 5.91 Å². The van der Waals surface area contributed by atoms with E-state index >= 15 is 0 Å². The van der Waals surface area contributed by atoms with E-state index in [-0.39, 0.29) is 6.54 Å². The van der Waals surface area contributed by atoms with E-state index in [1.54, 1.807) is 6.20 Å². The summed E-state index contributed by atoms with van der Waals surface area (Å²) < 4.78 is 18.1. The summed E-state index contributed by atoms with van der Waals surface area (Å²) in [6.45, 7) is 1.65. The third kappa shape index (κ3) is 5.07. The summed E-state index contributed by atoms with van der Waals surface area (Å²) in [5.74, 6) is -0.156. The van der Waals surface area contributed by atoms with Crippen molar-refractivity contribution in [3.63, 3.8) is 0 Å². The third-order valence-electron chi connectivity index (χ3n) is 4.46. The standard InChI is InChI=1S/C21H19N5O4S2/c1-13-8-18(30-25-13)15-5-3-4-14(9-15)17-12-31-21(23-17)24-19(27)10-22-20(28)16-6-7-26(11-16)32(2)29/h3-9,11-12H,10H2,1-2H3,(H,22,28)(H,23,24,27). The number of nitrogens with zero attached hydrogens (tertiary/aromatic N) is 3. The molecule has 1 aromatic carbocycles. The number of thiazole rings is 1. The van der Waals surface area contributed by atoms with Crippen LogP contribution >= 0.6 is 11.3 Å². The molecule has 4 rings (SSSR count). The highest BCUT2D eigenvalue weighted by Gasteiger charge is 2.14. The Hall–Kier alpha value is -3.41. The summed E-state index contributed by atoms with van der Waals surface area (Å²) in [4.78, 5) is 28.8. The van der Waals surface area contributed by atoms with Crippen molar-refractivity contribution in [3.05, 3.63) is 65.4 Å². The van der Waals surface area contributed by atoms with Gasteiger partial charge in [0.25, 0.3) is 5.91 Å². The van der Waals surface area contributed by atoms with Crippen LogP contribution in [0, 0.1) is 6.92 Å². The molecule has 0 radical (unpaired) electrons. The summed E-state index contributed by atoms with van der Waals surface area (Å²) >= 11 is 0.0401. The maximum absolute atomic E-state index is 12.2. The summed E-state index contributed by atoms with van der Waals surface area (Å²) in [5.41, 5.74) is 3.59. The lowest BCUT2D eigenvalue weighted by Gasteiger charge is -2.05. The molecule has 2 amide bonds. The second kappa shape index (κ2) is 9.39. The van der Waals surface area contributed by atoms with Crippen molar-refractivity contribution in [2.24, 2.45) is 0 Å². The van der Waals surface area contributed by atoms with Gasteiger partial charge in [-0.2, -0.15) is 3.97 Å². The normalized spacial score (nSPS) is 11.8. The Kier molecular flexibility index (Phi) is 6.40. The lowest BCUT2D eigenvalue weighted by molar-refractivity contribution is -0.115. The van der Waals surface area contributed by atoms with Gasteiger partial charge in [-0.25, -0.2) is 4.98 Å². The van der Waals surface area contributed by atoms with Crippen LogP contribution in [0.3, 0.4) is 0 Å². The number of aryl methyl sites for hydroxylation is 1. The van der Waals surface area contributed by atoms with Gasteiger partial charge in [0.05, 0.1) is 47.3 Å². The van der Waals surface area contributed by atoms with Crippen molar-refractivity contribution in [2.45, 2.75) is 6.92 Å². The molecule has 164 valence electrons. The zero-order valence-electron chi connectivity index (χ0n) is 17.2. The van der Waals surface area contributed by atoms with Crippen LogP contribution in [0.25, 0.3) is 22.6 Å². The molecule has 2 N–H and O–H groups in total. The highest BCUT2D eigenvalue weighted by Crippen LogP contribution is 2.29. The van der Waals surface area contributed by atoms with E-state index in [0.29, 0.717) is 22.1 Å². The monoisotopic (exact) mass is 469 g/mol. The molecule has 1 atom stereocenters. The Morgan fingerprint density at radius 3 is 2.78 bits per heavy atom. The molecule has 11 heteroatoms. The first-order valence-electron chi connectivity index (χ1n) is 9.48. The van der Waals surface area contributed by atoms with E-state index in [1.807, 2.05) is 42.6 Å². The van der Waals surface area contributed by atoms with Crippen molar-refractivity contribution in [1.82, 2.24) is 19.4 Å². The summed E-state index contributed by atoms with van der Waals surface area (Å²) in [7, 11) is 0. The fourth-order valence-electron chi connectivity index (χ4n) is 2.89. The van der Waals surface area contributed by atoms with Crippen LogP contribution < -0.4 is 10.6 Å². The van der Waals surface area contributed by atoms with Crippen LogP contribution in [0.15, 0.2) is 58.7 Å². The molecule has 0 aliphatic rings. The topological polar surface area (TPSA) is 125 Å². The molecule has 0 bridgehead atoms. The molecule has 3 heterocycles. The number of amides is 2. The van der Waals surface area contributed by atoms with Gasteiger partial charge in [-0.3, -0.25) is 9.59 Å². The lowest BCUT2D eigenvalue weighted by atomic mass is 10.1. The van der Waals surface area contributed by atoms with E-state index in [1.165, 1.54) is 33.8 Å². The minimum absolute atomic E-state index is 0.214. The number of carbonyl (C=O) groups is 2. The summed E-state index contributed by atoms with van der Waals surface area (Å²) in [6, 6.07) is 11.1. The van der Waals surface area contributed by atoms with E-state index in [4.69, 9.17) is 4.52 Å². The predicted molar refractivity (Wildman–Crippen MR) is 123 cm³/mol. The quantitative estimate of drug-likeness (QED) is 0.401. The number of hydrogen-bond donors (Lipinski definition) is 2. The van der Waals surface area contributed by atoms with Crippen LogP contribution in [0.2, 0.25) is 0 Å². The molecule has 4 aromatic rings. The van der Waals surface area contributed by atoms with Crippen molar-refractivity contribution < 1.29 is 18.7 Å². The maximum atomic E-state index is 12.2. The Balaban J connectivity index is 1.36. The molecule has 0 aliphatic carbocycles. The fourth-order valence-corrected chi connectivity index (χ4v) is 4.12. The number of carbonyl (C=O) groups excluding carboxylic acids is 2. The second-order valence-corrected chi connectivity index (χ2v) is 8.99. The molecule has 3 aromatic heterocycles. The van der Waals surface area contributed by atoms with Crippen molar-refractivity contribution >= 4 is 39.6 Å². The fraction of sp³-hybridized carbons (Fsp3) is 0.143. The largest absolute Gasteiger partial charge is 0.593 e. The maximum Gasteiger partial charge on any atom is 0.253 e. The summed E-state index contributed by atoms with van der Waals surface area (Å²) in [6.07, 6.45) is 4.51. The van der Waals surface area contributed by atoms with E-state index < -0.39 is 23.2 Å². The minimum atomic E-state index is -1.25. The number of benzene rings is 1.